The fraction of sp³-hybridized carbons (Fsp3) is 0.217. The number of hydrogen-bond donors (Lipinski definition) is 1. The van der Waals surface area contributed by atoms with E-state index in [1.54, 1.807) is 29.0 Å². The van der Waals surface area contributed by atoms with Crippen molar-refractivity contribution in [2.75, 3.05) is 28.7 Å². The molecule has 0 saturated carbocycles. The van der Waals surface area contributed by atoms with E-state index in [2.05, 4.69) is 15.3 Å². The number of anilines is 3. The summed E-state index contributed by atoms with van der Waals surface area (Å²) < 4.78 is 18.7. The summed E-state index contributed by atoms with van der Waals surface area (Å²) in [4.78, 5) is 37.2. The van der Waals surface area contributed by atoms with E-state index in [0.29, 0.717) is 23.1 Å². The van der Waals surface area contributed by atoms with Crippen LogP contribution in [0.2, 0.25) is 0 Å². The first-order chi connectivity index (χ1) is 15.4. The molecule has 0 fully saturated rings. The van der Waals surface area contributed by atoms with Gasteiger partial charge in [-0.05, 0) is 43.3 Å². The number of carbonyl (C=O) groups is 2. The molecular weight excluding hydrogens is 413 g/mol. The number of amides is 2. The van der Waals surface area contributed by atoms with Crippen LogP contribution in [0.3, 0.4) is 0 Å². The maximum Gasteiger partial charge on any atom is 0.246 e. The molecule has 1 N–H and O–H groups in total. The van der Waals surface area contributed by atoms with Crippen molar-refractivity contribution in [2.24, 2.45) is 0 Å². The normalized spacial score (nSPS) is 15.4. The molecule has 164 valence electrons. The molecule has 0 aliphatic carbocycles. The smallest absolute Gasteiger partial charge is 0.246 e. The zero-order valence-electron chi connectivity index (χ0n) is 17.7. The lowest BCUT2D eigenvalue weighted by Gasteiger charge is -2.29. The van der Waals surface area contributed by atoms with Gasteiger partial charge in [0.1, 0.15) is 11.6 Å². The number of likely N-dealkylation sites (N-methyl/N-ethyl adjacent to an activating group) is 1. The first-order valence-corrected chi connectivity index (χ1v) is 10.1. The van der Waals surface area contributed by atoms with Gasteiger partial charge in [-0.15, -0.1) is 0 Å². The molecule has 0 radical (unpaired) electrons. The standard InChI is InChI=1S/C23H22FN5O3/c1-15-13-20(30)26-18-5-3-4-6-19(18)29(15)22(31)14-28(2)23-25-12-11-21(27-23)32-17-9-7-16(24)8-10-17/h3-12,15H,13-14H2,1-2H3,(H,26,30). The molecule has 8 nitrogen and oxygen atoms in total. The van der Waals surface area contributed by atoms with Gasteiger partial charge in [0, 0.05) is 31.8 Å². The van der Waals surface area contributed by atoms with Gasteiger partial charge in [-0.25, -0.2) is 9.37 Å². The van der Waals surface area contributed by atoms with Crippen molar-refractivity contribution >= 4 is 29.1 Å². The van der Waals surface area contributed by atoms with Crippen molar-refractivity contribution in [3.8, 4) is 11.6 Å². The van der Waals surface area contributed by atoms with Crippen molar-refractivity contribution in [1.82, 2.24) is 9.97 Å². The van der Waals surface area contributed by atoms with Crippen LogP contribution in [-0.4, -0.2) is 41.4 Å². The minimum atomic E-state index is -0.361. The van der Waals surface area contributed by atoms with Crippen molar-refractivity contribution < 1.29 is 18.7 Å². The molecule has 2 aromatic carbocycles. The van der Waals surface area contributed by atoms with Gasteiger partial charge in [0.25, 0.3) is 0 Å². The highest BCUT2D eigenvalue weighted by molar-refractivity contribution is 6.05. The molecule has 1 aliphatic rings. The van der Waals surface area contributed by atoms with Gasteiger partial charge in [0.15, 0.2) is 0 Å². The van der Waals surface area contributed by atoms with Crippen LogP contribution in [0.1, 0.15) is 13.3 Å². The van der Waals surface area contributed by atoms with E-state index < -0.39 is 0 Å². The van der Waals surface area contributed by atoms with E-state index >= 15 is 0 Å². The van der Waals surface area contributed by atoms with Gasteiger partial charge < -0.3 is 19.9 Å². The van der Waals surface area contributed by atoms with Crippen LogP contribution in [0, 0.1) is 5.82 Å². The second-order valence-electron chi connectivity index (χ2n) is 7.49. The summed E-state index contributed by atoms with van der Waals surface area (Å²) in [5, 5.41) is 2.85. The molecule has 0 saturated heterocycles. The molecule has 0 bridgehead atoms. The minimum absolute atomic E-state index is 0.00708. The molecule has 0 spiro atoms. The lowest BCUT2D eigenvalue weighted by atomic mass is 10.1. The summed E-state index contributed by atoms with van der Waals surface area (Å²) in [7, 11) is 1.70. The van der Waals surface area contributed by atoms with E-state index in [4.69, 9.17) is 4.74 Å². The molecule has 32 heavy (non-hydrogen) atoms. The number of para-hydroxylation sites is 2. The Hall–Kier alpha value is -4.01. The Labute approximate surface area is 184 Å². The first-order valence-electron chi connectivity index (χ1n) is 10.1. The topological polar surface area (TPSA) is 87.7 Å². The predicted octanol–water partition coefficient (Wildman–Crippen LogP) is 3.61. The average molecular weight is 435 g/mol. The van der Waals surface area contributed by atoms with Crippen molar-refractivity contribution in [3.05, 3.63) is 66.6 Å². The Kier molecular flexibility index (Phi) is 5.98. The van der Waals surface area contributed by atoms with Gasteiger partial charge in [-0.2, -0.15) is 4.98 Å². The maximum atomic E-state index is 13.2. The molecule has 2 amide bonds. The summed E-state index contributed by atoms with van der Waals surface area (Å²) in [5.41, 5.74) is 1.25. The molecular formula is C23H22FN5O3. The number of fused-ring (bicyclic) bond motifs is 1. The van der Waals surface area contributed by atoms with Gasteiger partial charge in [-0.3, -0.25) is 9.59 Å². The van der Waals surface area contributed by atoms with Gasteiger partial charge in [-0.1, -0.05) is 12.1 Å². The lowest BCUT2D eigenvalue weighted by Crippen LogP contribution is -2.44. The maximum absolute atomic E-state index is 13.2. The van der Waals surface area contributed by atoms with Crippen molar-refractivity contribution in [1.29, 1.82) is 0 Å². The van der Waals surface area contributed by atoms with Gasteiger partial charge in [0.2, 0.25) is 23.6 Å². The van der Waals surface area contributed by atoms with Gasteiger partial charge in [0.05, 0.1) is 17.9 Å². The molecule has 1 unspecified atom stereocenters. The van der Waals surface area contributed by atoms with Crippen molar-refractivity contribution in [2.45, 2.75) is 19.4 Å². The van der Waals surface area contributed by atoms with E-state index in [9.17, 15) is 14.0 Å². The van der Waals surface area contributed by atoms with Crippen LogP contribution in [0.15, 0.2) is 60.8 Å². The molecule has 4 rings (SSSR count). The highest BCUT2D eigenvalue weighted by Gasteiger charge is 2.30. The Morgan fingerprint density at radius 3 is 2.75 bits per heavy atom. The highest BCUT2D eigenvalue weighted by atomic mass is 19.1. The summed E-state index contributed by atoms with van der Waals surface area (Å²) in [5.74, 6) is 0.300. The fourth-order valence-corrected chi connectivity index (χ4v) is 3.51. The van der Waals surface area contributed by atoms with Crippen LogP contribution in [0.25, 0.3) is 0 Å². The van der Waals surface area contributed by atoms with Crippen molar-refractivity contribution in [3.63, 3.8) is 0 Å². The Bertz CT molecular complexity index is 1140. The molecule has 3 aromatic rings. The number of halogens is 1. The largest absolute Gasteiger partial charge is 0.439 e. The number of nitrogens with one attached hydrogen (secondary N) is 1. The third-order valence-electron chi connectivity index (χ3n) is 5.00. The minimum Gasteiger partial charge on any atom is -0.439 e. The third kappa shape index (κ3) is 4.66. The average Bonchev–Trinajstić information content (AvgIpc) is 2.89. The Morgan fingerprint density at radius 1 is 1.22 bits per heavy atom. The highest BCUT2D eigenvalue weighted by Crippen LogP contribution is 2.31. The number of hydrogen-bond acceptors (Lipinski definition) is 6. The zero-order valence-corrected chi connectivity index (χ0v) is 17.7. The van der Waals surface area contributed by atoms with E-state index in [1.807, 2.05) is 25.1 Å². The molecule has 2 heterocycles. The Morgan fingerprint density at radius 2 is 1.97 bits per heavy atom. The van der Waals surface area contributed by atoms with Crippen LogP contribution in [0.5, 0.6) is 11.6 Å². The van der Waals surface area contributed by atoms with E-state index in [0.717, 1.165) is 0 Å². The second kappa shape index (κ2) is 9.01. The first kappa shape index (κ1) is 21.2. The second-order valence-corrected chi connectivity index (χ2v) is 7.49. The quantitative estimate of drug-likeness (QED) is 0.659. The summed E-state index contributed by atoms with van der Waals surface area (Å²) >= 11 is 0. The SMILES string of the molecule is CC1CC(=O)Nc2ccccc2N1C(=O)CN(C)c1nccc(Oc2ccc(F)cc2)n1. The number of carbonyl (C=O) groups excluding carboxylic acids is 2. The third-order valence-corrected chi connectivity index (χ3v) is 5.00. The summed E-state index contributed by atoms with van der Waals surface area (Å²) in [6.45, 7) is 1.83. The molecule has 9 heteroatoms. The molecule has 1 aliphatic heterocycles. The molecule has 1 atom stereocenters. The van der Waals surface area contributed by atoms with Crippen LogP contribution >= 0.6 is 0 Å². The monoisotopic (exact) mass is 435 g/mol. The summed E-state index contributed by atoms with van der Waals surface area (Å²) in [6.07, 6.45) is 1.72. The van der Waals surface area contributed by atoms with Crippen LogP contribution < -0.4 is 19.9 Å². The molecule has 1 aromatic heterocycles. The number of ether oxygens (including phenoxy) is 1. The number of aromatic nitrogens is 2. The lowest BCUT2D eigenvalue weighted by molar-refractivity contribution is -0.118. The summed E-state index contributed by atoms with van der Waals surface area (Å²) in [6, 6.07) is 14.1. The fourth-order valence-electron chi connectivity index (χ4n) is 3.51. The van der Waals surface area contributed by atoms with Crippen LogP contribution in [-0.2, 0) is 9.59 Å². The van der Waals surface area contributed by atoms with Gasteiger partial charge >= 0.3 is 0 Å². The van der Waals surface area contributed by atoms with E-state index in [1.165, 1.54) is 30.5 Å². The predicted molar refractivity (Wildman–Crippen MR) is 118 cm³/mol. The van der Waals surface area contributed by atoms with E-state index in [-0.39, 0.29) is 42.5 Å². The zero-order chi connectivity index (χ0) is 22.7. The van der Waals surface area contributed by atoms with Crippen LogP contribution in [0.4, 0.5) is 21.7 Å². The number of nitrogens with zero attached hydrogens (tertiary/aromatic N) is 4. The number of rotatable bonds is 5. The number of benzene rings is 2. The Balaban J connectivity index is 1.51.